The molecule has 15 heavy (non-hydrogen) atoms. The standard InChI is InChI=1S/C10H18N4O/c1-3-4-5-6-9(15)13-8(2)10-11-7-12-14-10/h7-8H,3-6H2,1-2H3,(H,13,15)(H,11,12,14). The Bertz CT molecular complexity index is 284. The van der Waals surface area contributed by atoms with Crippen LogP contribution in [-0.2, 0) is 4.79 Å². The monoisotopic (exact) mass is 210 g/mol. The molecule has 1 amide bonds. The van der Waals surface area contributed by atoms with Crippen molar-refractivity contribution in [1.82, 2.24) is 20.5 Å². The molecular weight excluding hydrogens is 192 g/mol. The molecule has 1 aromatic rings. The number of hydrogen-bond acceptors (Lipinski definition) is 3. The largest absolute Gasteiger partial charge is 0.346 e. The lowest BCUT2D eigenvalue weighted by Crippen LogP contribution is -2.27. The zero-order chi connectivity index (χ0) is 11.1. The summed E-state index contributed by atoms with van der Waals surface area (Å²) in [7, 11) is 0. The molecule has 0 radical (unpaired) electrons. The van der Waals surface area contributed by atoms with Gasteiger partial charge in [-0.3, -0.25) is 9.89 Å². The molecule has 1 aromatic heterocycles. The summed E-state index contributed by atoms with van der Waals surface area (Å²) in [6.07, 6.45) is 5.21. The van der Waals surface area contributed by atoms with Crippen molar-refractivity contribution in [1.29, 1.82) is 0 Å². The molecule has 0 saturated carbocycles. The lowest BCUT2D eigenvalue weighted by Gasteiger charge is -2.10. The van der Waals surface area contributed by atoms with Gasteiger partial charge in [0.15, 0.2) is 0 Å². The van der Waals surface area contributed by atoms with Crippen molar-refractivity contribution in [2.75, 3.05) is 0 Å². The van der Waals surface area contributed by atoms with Gasteiger partial charge in [0.05, 0.1) is 6.04 Å². The summed E-state index contributed by atoms with van der Waals surface area (Å²) in [6, 6.07) is -0.0957. The SMILES string of the molecule is CCCCCC(=O)NC(C)c1ncn[nH]1. The number of carbonyl (C=O) groups excluding carboxylic acids is 1. The van der Waals surface area contributed by atoms with Crippen molar-refractivity contribution in [3.8, 4) is 0 Å². The second-order valence-electron chi connectivity index (χ2n) is 3.62. The van der Waals surface area contributed by atoms with Gasteiger partial charge in [-0.2, -0.15) is 5.10 Å². The predicted molar refractivity (Wildman–Crippen MR) is 57.1 cm³/mol. The molecule has 0 aromatic carbocycles. The van der Waals surface area contributed by atoms with Gasteiger partial charge in [0.25, 0.3) is 0 Å². The molecule has 1 atom stereocenters. The minimum atomic E-state index is -0.0957. The number of rotatable bonds is 6. The van der Waals surface area contributed by atoms with Crippen LogP contribution in [-0.4, -0.2) is 21.1 Å². The van der Waals surface area contributed by atoms with Crippen LogP contribution in [0, 0.1) is 0 Å². The second kappa shape index (κ2) is 6.16. The number of unbranched alkanes of at least 4 members (excludes halogenated alkanes) is 2. The summed E-state index contributed by atoms with van der Waals surface area (Å²) >= 11 is 0. The number of nitrogens with one attached hydrogen (secondary N) is 2. The molecule has 0 bridgehead atoms. The van der Waals surface area contributed by atoms with Gasteiger partial charge in [-0.15, -0.1) is 0 Å². The number of aromatic nitrogens is 3. The first kappa shape index (κ1) is 11.7. The molecule has 2 N–H and O–H groups in total. The Morgan fingerprint density at radius 3 is 3.00 bits per heavy atom. The molecule has 0 aliphatic rings. The predicted octanol–water partition coefficient (Wildman–Crippen LogP) is 1.56. The van der Waals surface area contributed by atoms with Crippen LogP contribution >= 0.6 is 0 Å². The van der Waals surface area contributed by atoms with Crippen LogP contribution in [0.25, 0.3) is 0 Å². The van der Waals surface area contributed by atoms with Crippen LogP contribution in [0.5, 0.6) is 0 Å². The molecule has 0 fully saturated rings. The maximum atomic E-state index is 11.5. The van der Waals surface area contributed by atoms with Crippen molar-refractivity contribution in [3.05, 3.63) is 12.2 Å². The van der Waals surface area contributed by atoms with E-state index in [9.17, 15) is 4.79 Å². The van der Waals surface area contributed by atoms with E-state index in [1.54, 1.807) is 0 Å². The summed E-state index contributed by atoms with van der Waals surface area (Å²) in [6.45, 7) is 4.01. The summed E-state index contributed by atoms with van der Waals surface area (Å²) in [5.41, 5.74) is 0. The maximum Gasteiger partial charge on any atom is 0.220 e. The highest BCUT2D eigenvalue weighted by molar-refractivity contribution is 5.76. The fourth-order valence-electron chi connectivity index (χ4n) is 1.34. The first-order chi connectivity index (χ1) is 7.24. The number of amides is 1. The van der Waals surface area contributed by atoms with E-state index < -0.39 is 0 Å². The fraction of sp³-hybridized carbons (Fsp3) is 0.700. The van der Waals surface area contributed by atoms with E-state index in [0.717, 1.165) is 19.3 Å². The van der Waals surface area contributed by atoms with Crippen molar-refractivity contribution in [3.63, 3.8) is 0 Å². The number of nitrogens with zero attached hydrogens (tertiary/aromatic N) is 2. The van der Waals surface area contributed by atoms with Crippen molar-refractivity contribution < 1.29 is 4.79 Å². The van der Waals surface area contributed by atoms with E-state index in [1.165, 1.54) is 6.33 Å². The number of carbonyl (C=O) groups is 1. The van der Waals surface area contributed by atoms with Gasteiger partial charge in [-0.1, -0.05) is 19.8 Å². The molecule has 5 heteroatoms. The maximum absolute atomic E-state index is 11.5. The summed E-state index contributed by atoms with van der Waals surface area (Å²) in [5.74, 6) is 0.770. The minimum Gasteiger partial charge on any atom is -0.346 e. The first-order valence-electron chi connectivity index (χ1n) is 5.38. The quantitative estimate of drug-likeness (QED) is 0.700. The minimum absolute atomic E-state index is 0.0763. The number of H-pyrrole nitrogens is 1. The molecule has 84 valence electrons. The molecular formula is C10H18N4O. The molecule has 1 heterocycles. The normalized spacial score (nSPS) is 12.4. The molecule has 0 aliphatic carbocycles. The Hall–Kier alpha value is -1.39. The first-order valence-corrected chi connectivity index (χ1v) is 5.38. The van der Waals surface area contributed by atoms with E-state index in [1.807, 2.05) is 6.92 Å². The van der Waals surface area contributed by atoms with Gasteiger partial charge in [0.1, 0.15) is 12.2 Å². The Morgan fingerprint density at radius 1 is 1.60 bits per heavy atom. The highest BCUT2D eigenvalue weighted by Crippen LogP contribution is 2.05. The van der Waals surface area contributed by atoms with Gasteiger partial charge in [-0.05, 0) is 13.3 Å². The Balaban J connectivity index is 2.26. The average molecular weight is 210 g/mol. The van der Waals surface area contributed by atoms with E-state index in [0.29, 0.717) is 12.2 Å². The van der Waals surface area contributed by atoms with Gasteiger partial charge in [0.2, 0.25) is 5.91 Å². The molecule has 0 spiro atoms. The van der Waals surface area contributed by atoms with Crippen LogP contribution in [0.3, 0.4) is 0 Å². The highest BCUT2D eigenvalue weighted by atomic mass is 16.1. The Labute approximate surface area is 89.7 Å². The van der Waals surface area contributed by atoms with Crippen LogP contribution < -0.4 is 5.32 Å². The van der Waals surface area contributed by atoms with Crippen molar-refractivity contribution in [2.45, 2.75) is 45.6 Å². The number of hydrogen-bond donors (Lipinski definition) is 2. The van der Waals surface area contributed by atoms with E-state index >= 15 is 0 Å². The lowest BCUT2D eigenvalue weighted by atomic mass is 10.2. The van der Waals surface area contributed by atoms with E-state index in [4.69, 9.17) is 0 Å². The van der Waals surface area contributed by atoms with Crippen LogP contribution in [0.15, 0.2) is 6.33 Å². The smallest absolute Gasteiger partial charge is 0.220 e. The molecule has 0 aliphatic heterocycles. The van der Waals surface area contributed by atoms with Crippen molar-refractivity contribution >= 4 is 5.91 Å². The Kier molecular flexibility index (Phi) is 4.80. The van der Waals surface area contributed by atoms with E-state index in [2.05, 4.69) is 27.4 Å². The van der Waals surface area contributed by atoms with Gasteiger partial charge >= 0.3 is 0 Å². The summed E-state index contributed by atoms with van der Waals surface area (Å²) in [4.78, 5) is 15.4. The summed E-state index contributed by atoms with van der Waals surface area (Å²) in [5, 5.41) is 9.34. The van der Waals surface area contributed by atoms with Gasteiger partial charge < -0.3 is 5.32 Å². The van der Waals surface area contributed by atoms with Crippen LogP contribution in [0.2, 0.25) is 0 Å². The number of aromatic amines is 1. The third-order valence-electron chi connectivity index (χ3n) is 2.23. The van der Waals surface area contributed by atoms with Crippen LogP contribution in [0.4, 0.5) is 0 Å². The highest BCUT2D eigenvalue weighted by Gasteiger charge is 2.10. The molecule has 1 rings (SSSR count). The van der Waals surface area contributed by atoms with Gasteiger partial charge in [-0.25, -0.2) is 4.98 Å². The van der Waals surface area contributed by atoms with Crippen molar-refractivity contribution in [2.24, 2.45) is 0 Å². The van der Waals surface area contributed by atoms with Crippen LogP contribution in [0.1, 0.15) is 51.4 Å². The zero-order valence-electron chi connectivity index (χ0n) is 9.29. The Morgan fingerprint density at radius 2 is 2.40 bits per heavy atom. The molecule has 0 saturated heterocycles. The van der Waals surface area contributed by atoms with E-state index in [-0.39, 0.29) is 11.9 Å². The topological polar surface area (TPSA) is 70.7 Å². The molecule has 5 nitrogen and oxygen atoms in total. The molecule has 1 unspecified atom stereocenters. The fourth-order valence-corrected chi connectivity index (χ4v) is 1.34. The average Bonchev–Trinajstić information content (AvgIpc) is 2.70. The third-order valence-corrected chi connectivity index (χ3v) is 2.23. The van der Waals surface area contributed by atoms with Gasteiger partial charge in [0, 0.05) is 6.42 Å². The third kappa shape index (κ3) is 4.10. The summed E-state index contributed by atoms with van der Waals surface area (Å²) < 4.78 is 0. The zero-order valence-corrected chi connectivity index (χ0v) is 9.29. The lowest BCUT2D eigenvalue weighted by molar-refractivity contribution is -0.121. The second-order valence-corrected chi connectivity index (χ2v) is 3.62.